The van der Waals surface area contributed by atoms with Gasteiger partial charge in [-0.3, -0.25) is 14.4 Å². The molecule has 33 heavy (non-hydrogen) atoms. The van der Waals surface area contributed by atoms with Gasteiger partial charge in [0, 0.05) is 16.7 Å². The van der Waals surface area contributed by atoms with E-state index in [1.807, 2.05) is 6.92 Å². The van der Waals surface area contributed by atoms with E-state index in [1.54, 1.807) is 72.8 Å². The summed E-state index contributed by atoms with van der Waals surface area (Å²) in [5.41, 5.74) is 1.24. The van der Waals surface area contributed by atoms with Gasteiger partial charge in [0.15, 0.2) is 0 Å². The molecule has 6 heteroatoms. The van der Waals surface area contributed by atoms with Crippen molar-refractivity contribution in [1.82, 2.24) is 0 Å². The fourth-order valence-electron chi connectivity index (χ4n) is 3.07. The van der Waals surface area contributed by atoms with Gasteiger partial charge < -0.3 is 14.2 Å². The fraction of sp³-hybridized carbons (Fsp3) is 0.222. The first-order chi connectivity index (χ1) is 16.1. The molecular weight excluding hydrogens is 420 g/mol. The minimum absolute atomic E-state index is 0.322. The van der Waals surface area contributed by atoms with Crippen molar-refractivity contribution >= 4 is 18.9 Å². The zero-order valence-corrected chi connectivity index (χ0v) is 18.4. The van der Waals surface area contributed by atoms with Crippen LogP contribution in [0.25, 0.3) is 0 Å². The van der Waals surface area contributed by atoms with E-state index >= 15 is 0 Å². The average Bonchev–Trinajstić information content (AvgIpc) is 2.89. The van der Waals surface area contributed by atoms with Gasteiger partial charge in [0.1, 0.15) is 55.9 Å². The van der Waals surface area contributed by atoms with Crippen molar-refractivity contribution in [3.05, 3.63) is 89.5 Å². The summed E-state index contributed by atoms with van der Waals surface area (Å²) >= 11 is 0. The summed E-state index contributed by atoms with van der Waals surface area (Å²) in [5.74, 6) is 1.93. The SMILES string of the molecule is CCC(COc1ccc(C=O)cc1)(COc1ccc(C=O)cc1)COc1ccc(C=O)cc1. The third-order valence-corrected chi connectivity index (χ3v) is 5.43. The highest BCUT2D eigenvalue weighted by molar-refractivity contribution is 5.75. The first kappa shape index (κ1) is 23.7. The molecule has 0 aromatic heterocycles. The first-order valence-electron chi connectivity index (χ1n) is 10.6. The maximum atomic E-state index is 10.9. The van der Waals surface area contributed by atoms with Gasteiger partial charge in [-0.1, -0.05) is 6.92 Å². The van der Waals surface area contributed by atoms with Crippen molar-refractivity contribution in [3.8, 4) is 17.2 Å². The van der Waals surface area contributed by atoms with Gasteiger partial charge >= 0.3 is 0 Å². The first-order valence-corrected chi connectivity index (χ1v) is 10.6. The summed E-state index contributed by atoms with van der Waals surface area (Å²) in [7, 11) is 0. The summed E-state index contributed by atoms with van der Waals surface area (Å²) in [4.78, 5) is 32.7. The molecule has 6 nitrogen and oxygen atoms in total. The van der Waals surface area contributed by atoms with Crippen LogP contribution in [0, 0.1) is 5.41 Å². The Labute approximate surface area is 193 Å². The normalized spacial score (nSPS) is 10.8. The number of carbonyl (C=O) groups is 3. The third kappa shape index (κ3) is 6.77. The van der Waals surface area contributed by atoms with E-state index in [2.05, 4.69) is 0 Å². The van der Waals surface area contributed by atoms with Crippen LogP contribution in [0.1, 0.15) is 44.4 Å². The molecular formula is C27H26O6. The largest absolute Gasteiger partial charge is 0.493 e. The van der Waals surface area contributed by atoms with Crippen LogP contribution in [-0.2, 0) is 0 Å². The molecule has 0 atom stereocenters. The molecule has 170 valence electrons. The molecule has 0 saturated carbocycles. The lowest BCUT2D eigenvalue weighted by Gasteiger charge is -2.32. The summed E-state index contributed by atoms with van der Waals surface area (Å²) in [5, 5.41) is 0. The van der Waals surface area contributed by atoms with Crippen molar-refractivity contribution in [1.29, 1.82) is 0 Å². The number of carbonyl (C=O) groups excluding carboxylic acids is 3. The van der Waals surface area contributed by atoms with Gasteiger partial charge in [-0.05, 0) is 79.2 Å². The number of ether oxygens (including phenoxy) is 3. The number of aldehydes is 3. The van der Waals surface area contributed by atoms with E-state index in [9.17, 15) is 14.4 Å². The highest BCUT2D eigenvalue weighted by atomic mass is 16.5. The third-order valence-electron chi connectivity index (χ3n) is 5.43. The van der Waals surface area contributed by atoms with E-state index < -0.39 is 5.41 Å². The molecule has 3 aromatic rings. The Morgan fingerprint density at radius 3 is 1.03 bits per heavy atom. The summed E-state index contributed by atoms with van der Waals surface area (Å²) < 4.78 is 18.1. The molecule has 0 heterocycles. The fourth-order valence-corrected chi connectivity index (χ4v) is 3.07. The van der Waals surface area contributed by atoms with Gasteiger partial charge in [-0.2, -0.15) is 0 Å². The lowest BCUT2D eigenvalue weighted by Crippen LogP contribution is -2.40. The Bertz CT molecular complexity index is 905. The molecule has 3 aromatic carbocycles. The average molecular weight is 446 g/mol. The van der Waals surface area contributed by atoms with Gasteiger partial charge in [0.25, 0.3) is 0 Å². The Hall–Kier alpha value is -3.93. The van der Waals surface area contributed by atoms with Crippen molar-refractivity contribution in [3.63, 3.8) is 0 Å². The van der Waals surface area contributed by atoms with Crippen LogP contribution >= 0.6 is 0 Å². The predicted octanol–water partition coefficient (Wildman–Crippen LogP) is 5.06. The number of rotatable bonds is 13. The van der Waals surface area contributed by atoms with E-state index in [0.29, 0.717) is 60.2 Å². The Kier molecular flexibility index (Phi) is 8.36. The molecule has 0 amide bonds. The minimum atomic E-state index is -0.490. The second kappa shape index (κ2) is 11.6. The molecule has 0 bridgehead atoms. The predicted molar refractivity (Wildman–Crippen MR) is 125 cm³/mol. The van der Waals surface area contributed by atoms with E-state index in [0.717, 1.165) is 18.9 Å². The second-order valence-electron chi connectivity index (χ2n) is 7.78. The Balaban J connectivity index is 1.73. The number of hydrogen-bond donors (Lipinski definition) is 0. The smallest absolute Gasteiger partial charge is 0.150 e. The van der Waals surface area contributed by atoms with Gasteiger partial charge in [0.05, 0.1) is 5.41 Å². The lowest BCUT2D eigenvalue weighted by atomic mass is 9.88. The topological polar surface area (TPSA) is 78.9 Å². The molecule has 0 spiro atoms. The molecule has 0 saturated heterocycles. The summed E-state index contributed by atoms with van der Waals surface area (Å²) in [6.45, 7) is 3.00. The van der Waals surface area contributed by atoms with Crippen LogP contribution < -0.4 is 14.2 Å². The van der Waals surface area contributed by atoms with Gasteiger partial charge in [0.2, 0.25) is 0 Å². The van der Waals surface area contributed by atoms with E-state index in [4.69, 9.17) is 14.2 Å². The zero-order chi connectivity index (χ0) is 23.5. The molecule has 0 aliphatic heterocycles. The van der Waals surface area contributed by atoms with Crippen molar-refractivity contribution in [2.24, 2.45) is 5.41 Å². The maximum absolute atomic E-state index is 10.9. The van der Waals surface area contributed by atoms with Crippen LogP contribution in [0.3, 0.4) is 0 Å². The molecule has 0 aliphatic rings. The highest BCUT2D eigenvalue weighted by Gasteiger charge is 2.32. The van der Waals surface area contributed by atoms with Crippen LogP contribution in [0.15, 0.2) is 72.8 Å². The maximum Gasteiger partial charge on any atom is 0.150 e. The monoisotopic (exact) mass is 446 g/mol. The molecule has 0 N–H and O–H groups in total. The number of benzene rings is 3. The summed E-state index contributed by atoms with van der Waals surface area (Å²) in [6, 6.07) is 20.7. The highest BCUT2D eigenvalue weighted by Crippen LogP contribution is 2.28. The molecule has 0 radical (unpaired) electrons. The van der Waals surface area contributed by atoms with Crippen LogP contribution in [0.2, 0.25) is 0 Å². The van der Waals surface area contributed by atoms with E-state index in [-0.39, 0.29) is 0 Å². The molecule has 0 aliphatic carbocycles. The molecule has 3 rings (SSSR count). The van der Waals surface area contributed by atoms with E-state index in [1.165, 1.54) is 0 Å². The van der Waals surface area contributed by atoms with Gasteiger partial charge in [-0.15, -0.1) is 0 Å². The van der Waals surface area contributed by atoms with Gasteiger partial charge in [-0.25, -0.2) is 0 Å². The van der Waals surface area contributed by atoms with Crippen molar-refractivity contribution in [2.75, 3.05) is 19.8 Å². The standard InChI is InChI=1S/C27H26O6/c1-2-27(18-31-24-9-3-21(15-28)4-10-24,19-32-25-11-5-22(16-29)6-12-25)20-33-26-13-7-23(17-30)8-14-26/h3-17H,2,18-20H2,1H3. The quantitative estimate of drug-likeness (QED) is 0.342. The Morgan fingerprint density at radius 2 is 0.818 bits per heavy atom. The van der Waals surface area contributed by atoms with Crippen LogP contribution in [0.5, 0.6) is 17.2 Å². The van der Waals surface area contributed by atoms with Crippen molar-refractivity contribution in [2.45, 2.75) is 13.3 Å². The lowest BCUT2D eigenvalue weighted by molar-refractivity contribution is 0.0293. The zero-order valence-electron chi connectivity index (χ0n) is 18.4. The van der Waals surface area contributed by atoms with Crippen molar-refractivity contribution < 1.29 is 28.6 Å². The minimum Gasteiger partial charge on any atom is -0.493 e. The molecule has 0 fully saturated rings. The van der Waals surface area contributed by atoms with Crippen LogP contribution in [-0.4, -0.2) is 38.7 Å². The Morgan fingerprint density at radius 1 is 0.545 bits per heavy atom. The van der Waals surface area contributed by atoms with Crippen LogP contribution in [0.4, 0.5) is 0 Å². The second-order valence-corrected chi connectivity index (χ2v) is 7.78. The number of hydrogen-bond acceptors (Lipinski definition) is 6. The molecule has 0 unspecified atom stereocenters. The summed E-state index contributed by atoms with van der Waals surface area (Å²) in [6.07, 6.45) is 3.06.